The number of aromatic nitrogens is 2. The van der Waals surface area contributed by atoms with Gasteiger partial charge in [0.15, 0.2) is 0 Å². The molecule has 0 saturated carbocycles. The molecule has 174 valence electrons. The third kappa shape index (κ3) is 4.80. The minimum atomic E-state index is -0.367. The molecule has 3 aliphatic rings. The minimum Gasteiger partial charge on any atom is -0.468 e. The van der Waals surface area contributed by atoms with Gasteiger partial charge in [-0.3, -0.25) is 14.5 Å². The van der Waals surface area contributed by atoms with Gasteiger partial charge in [-0.1, -0.05) is 72.4 Å². The molecule has 2 aromatic rings. The van der Waals surface area contributed by atoms with E-state index in [2.05, 4.69) is 50.8 Å². The van der Waals surface area contributed by atoms with Gasteiger partial charge in [-0.05, 0) is 11.1 Å². The summed E-state index contributed by atoms with van der Waals surface area (Å²) in [6.07, 6.45) is 0.872. The van der Waals surface area contributed by atoms with Crippen LogP contribution in [0.1, 0.15) is 21.7 Å². The molecule has 0 unspecified atom stereocenters. The van der Waals surface area contributed by atoms with Gasteiger partial charge in [-0.15, -0.1) is 11.3 Å². The molecule has 34 heavy (non-hydrogen) atoms. The summed E-state index contributed by atoms with van der Waals surface area (Å²) >= 11 is 2.75. The van der Waals surface area contributed by atoms with Gasteiger partial charge in [-0.25, -0.2) is 4.98 Å². The second kappa shape index (κ2) is 10.1. The van der Waals surface area contributed by atoms with Crippen molar-refractivity contribution in [3.05, 3.63) is 103 Å². The number of thioether (sulfide) groups is 1. The maximum atomic E-state index is 13.4. The van der Waals surface area contributed by atoms with Crippen LogP contribution in [0.3, 0.4) is 0 Å². The van der Waals surface area contributed by atoms with E-state index in [1.807, 2.05) is 24.3 Å². The molecule has 5 rings (SSSR count). The van der Waals surface area contributed by atoms with E-state index in [-0.39, 0.29) is 17.2 Å². The van der Waals surface area contributed by atoms with Crippen LogP contribution in [-0.4, -0.2) is 39.8 Å². The normalized spacial score (nSPS) is 13.7. The fraction of sp³-hybridized carbons (Fsp3) is 0.269. The largest absolute Gasteiger partial charge is 0.468 e. The first kappa shape index (κ1) is 22.8. The van der Waals surface area contributed by atoms with Crippen LogP contribution < -0.4 is 5.43 Å². The topological polar surface area (TPSA) is 64.4 Å². The van der Waals surface area contributed by atoms with E-state index in [0.717, 1.165) is 48.0 Å². The van der Waals surface area contributed by atoms with Crippen LogP contribution >= 0.6 is 23.1 Å². The van der Waals surface area contributed by atoms with E-state index in [1.54, 1.807) is 11.3 Å². The van der Waals surface area contributed by atoms with Gasteiger partial charge in [0.05, 0.1) is 12.9 Å². The molecule has 0 aliphatic carbocycles. The van der Waals surface area contributed by atoms with E-state index in [1.165, 1.54) is 23.2 Å². The highest BCUT2D eigenvalue weighted by Gasteiger charge is 2.24. The van der Waals surface area contributed by atoms with Gasteiger partial charge in [0.25, 0.3) is 0 Å². The van der Waals surface area contributed by atoms with Crippen LogP contribution in [0.15, 0.2) is 70.5 Å². The van der Waals surface area contributed by atoms with Gasteiger partial charge >= 0.3 is 5.97 Å². The Morgan fingerprint density at radius 2 is 1.74 bits per heavy atom. The van der Waals surface area contributed by atoms with Crippen molar-refractivity contribution >= 4 is 29.1 Å². The van der Waals surface area contributed by atoms with Crippen molar-refractivity contribution in [3.63, 3.8) is 0 Å². The lowest BCUT2D eigenvalue weighted by Gasteiger charge is -2.30. The second-order valence-electron chi connectivity index (χ2n) is 8.25. The van der Waals surface area contributed by atoms with E-state index in [4.69, 9.17) is 4.74 Å². The number of rotatable bonds is 7. The fourth-order valence-electron chi connectivity index (χ4n) is 4.31. The Hall–Kier alpha value is -2.94. The predicted octanol–water partition coefficient (Wildman–Crippen LogP) is 3.90. The van der Waals surface area contributed by atoms with Crippen LogP contribution in [0.2, 0.25) is 0 Å². The smallest absolute Gasteiger partial charge is 0.316 e. The zero-order valence-electron chi connectivity index (χ0n) is 18.9. The molecule has 0 radical (unpaired) electrons. The Labute approximate surface area is 205 Å². The van der Waals surface area contributed by atoms with Crippen molar-refractivity contribution in [2.24, 2.45) is 0 Å². The maximum Gasteiger partial charge on any atom is 0.316 e. The summed E-state index contributed by atoms with van der Waals surface area (Å²) in [5.41, 5.74) is 3.54. The number of methoxy groups -OCH3 is 1. The zero-order chi connectivity index (χ0) is 23.5. The average Bonchev–Trinajstić information content (AvgIpc) is 3.18. The van der Waals surface area contributed by atoms with Gasteiger partial charge < -0.3 is 9.30 Å². The number of hydrogen-bond acceptors (Lipinski definition) is 7. The first-order valence-corrected chi connectivity index (χ1v) is 13.0. The maximum absolute atomic E-state index is 13.4. The standard InChI is InChI=1S/C26H25N3O3S2/c1-32-22(30)17-33-26-24(31)23-25(27-26)34-21-16-28(14-18-8-4-2-5-9-18)13-12-20(21)29(23)15-19-10-6-3-7-11-19/h2-11H,12-17H2,1H3. The molecule has 2 aromatic carbocycles. The van der Waals surface area contributed by atoms with Gasteiger partial charge in [0.2, 0.25) is 5.43 Å². The third-order valence-corrected chi connectivity index (χ3v) is 7.99. The van der Waals surface area contributed by atoms with Gasteiger partial charge in [-0.2, -0.15) is 0 Å². The number of benzene rings is 2. The minimum absolute atomic E-state index is 0.0724. The van der Waals surface area contributed by atoms with Crippen LogP contribution in [0.5, 0.6) is 0 Å². The van der Waals surface area contributed by atoms with E-state index >= 15 is 0 Å². The molecule has 0 spiro atoms. The summed E-state index contributed by atoms with van der Waals surface area (Å²) < 4.78 is 7.62. The number of carbonyl (C=O) groups excluding carboxylic acids is 1. The van der Waals surface area contributed by atoms with E-state index in [9.17, 15) is 9.59 Å². The van der Waals surface area contributed by atoms with E-state index in [0.29, 0.717) is 16.9 Å². The van der Waals surface area contributed by atoms with Gasteiger partial charge in [0, 0.05) is 43.2 Å². The number of esters is 1. The number of fused-ring (bicyclic) bond motifs is 1. The second-order valence-corrected chi connectivity index (χ2v) is 10.3. The summed E-state index contributed by atoms with van der Waals surface area (Å²) in [6, 6.07) is 20.7. The lowest BCUT2D eigenvalue weighted by atomic mass is 10.1. The molecule has 3 heterocycles. The third-order valence-electron chi connectivity index (χ3n) is 5.97. The fourth-order valence-corrected chi connectivity index (χ4v) is 6.37. The van der Waals surface area contributed by atoms with Crippen LogP contribution in [0.25, 0.3) is 0 Å². The summed E-state index contributed by atoms with van der Waals surface area (Å²) in [5, 5.41) is 0.999. The first-order valence-electron chi connectivity index (χ1n) is 11.2. The number of nitrogens with zero attached hydrogens (tertiary/aromatic N) is 3. The molecule has 6 nitrogen and oxygen atoms in total. The highest BCUT2D eigenvalue weighted by molar-refractivity contribution is 7.99. The van der Waals surface area contributed by atoms with Crippen LogP contribution in [0, 0.1) is 10.0 Å². The molecule has 0 atom stereocenters. The quantitative estimate of drug-likeness (QED) is 0.289. The lowest BCUT2D eigenvalue weighted by Crippen LogP contribution is -2.32. The molecule has 0 bridgehead atoms. The van der Waals surface area contributed by atoms with Crippen LogP contribution in [0.4, 0.5) is 0 Å². The van der Waals surface area contributed by atoms with Crippen molar-refractivity contribution in [3.8, 4) is 0 Å². The van der Waals surface area contributed by atoms with E-state index < -0.39 is 0 Å². The van der Waals surface area contributed by atoms with Crippen molar-refractivity contribution in [1.82, 2.24) is 14.5 Å². The number of ether oxygens (including phenoxy) is 1. The SMILES string of the molecule is COC(=O)CSc1nc2sc3c(n(Cc4ccccc4)c=2c1=O)CCN(Cc1ccccc1)C3. The summed E-state index contributed by atoms with van der Waals surface area (Å²) in [7, 11) is 1.35. The molecule has 0 amide bonds. The molecule has 0 N–H and O–H groups in total. The zero-order valence-corrected chi connectivity index (χ0v) is 20.5. The van der Waals surface area contributed by atoms with Gasteiger partial charge in [0.1, 0.15) is 15.0 Å². The molecular weight excluding hydrogens is 466 g/mol. The first-order chi connectivity index (χ1) is 16.6. The average molecular weight is 492 g/mol. The Balaban J connectivity index is 1.55. The Kier molecular flexibility index (Phi) is 6.80. The molecule has 0 fully saturated rings. The Bertz CT molecular complexity index is 1420. The lowest BCUT2D eigenvalue weighted by molar-refractivity contribution is -0.137. The van der Waals surface area contributed by atoms with Crippen molar-refractivity contribution in [2.75, 3.05) is 19.4 Å². The van der Waals surface area contributed by atoms with Crippen molar-refractivity contribution in [2.45, 2.75) is 31.1 Å². The Morgan fingerprint density at radius 3 is 2.41 bits per heavy atom. The molecule has 8 heteroatoms. The van der Waals surface area contributed by atoms with Crippen molar-refractivity contribution in [1.29, 1.82) is 0 Å². The predicted molar refractivity (Wildman–Crippen MR) is 134 cm³/mol. The Morgan fingerprint density at radius 1 is 1.06 bits per heavy atom. The number of hydrogen-bond donors (Lipinski definition) is 0. The molecule has 0 saturated heterocycles. The number of carbonyl (C=O) groups is 1. The van der Waals surface area contributed by atoms with Crippen molar-refractivity contribution < 1.29 is 9.53 Å². The summed E-state index contributed by atoms with van der Waals surface area (Å²) in [5.74, 6) is -0.295. The highest BCUT2D eigenvalue weighted by Crippen LogP contribution is 2.27. The molecule has 3 aliphatic heterocycles. The summed E-state index contributed by atoms with van der Waals surface area (Å²) in [6.45, 7) is 3.27. The van der Waals surface area contributed by atoms with Crippen LogP contribution in [-0.2, 0) is 35.6 Å². The molecule has 0 aromatic heterocycles. The highest BCUT2D eigenvalue weighted by atomic mass is 32.2. The summed E-state index contributed by atoms with van der Waals surface area (Å²) in [4.78, 5) is 33.4. The molecular formula is C26H25N3O3S2. The monoisotopic (exact) mass is 491 g/mol.